The van der Waals surface area contributed by atoms with E-state index >= 15 is 0 Å². The minimum Gasteiger partial charge on any atom is -0.0776 e. The van der Waals surface area contributed by atoms with Crippen molar-refractivity contribution in [2.24, 2.45) is 0 Å². The van der Waals surface area contributed by atoms with E-state index in [1.807, 2.05) is 0 Å². The minimum absolute atomic E-state index is 0. The van der Waals surface area contributed by atoms with Gasteiger partial charge in [0.15, 0.2) is 0 Å². The van der Waals surface area contributed by atoms with Crippen LogP contribution in [0.3, 0.4) is 0 Å². The fraction of sp³-hybridized carbons (Fsp3) is 0.125. The molecule has 0 aliphatic carbocycles. The molecule has 2 heteroatoms. The molecule has 0 spiro atoms. The second-order valence-electron chi connectivity index (χ2n) is 3.72. The van der Waals surface area contributed by atoms with Gasteiger partial charge in [0.1, 0.15) is 0 Å². The molecule has 0 bridgehead atoms. The van der Waals surface area contributed by atoms with E-state index in [1.165, 1.54) is 30.5 Å². The van der Waals surface area contributed by atoms with Gasteiger partial charge in [-0.2, -0.15) is 0 Å². The summed E-state index contributed by atoms with van der Waals surface area (Å²) in [5.41, 5.74) is 0. The highest BCUT2D eigenvalue weighted by atomic mass is 79.9. The summed E-state index contributed by atoms with van der Waals surface area (Å²) in [6.45, 7) is 0. The van der Waals surface area contributed by atoms with Crippen LogP contribution in [-0.4, -0.2) is 0 Å². The first-order chi connectivity index (χ1) is 7.79. The smallest absolute Gasteiger partial charge is 0.0332 e. The number of hydrogen-bond donors (Lipinski definition) is 0. The average Bonchev–Trinajstić information content (AvgIpc) is 2.36. The van der Waals surface area contributed by atoms with E-state index in [1.54, 1.807) is 0 Å². The van der Waals surface area contributed by atoms with Crippen molar-refractivity contribution in [2.75, 3.05) is 0 Å². The Hall–Kier alpha value is -0.860. The predicted octanol–water partition coefficient (Wildman–Crippen LogP) is 6.79. The van der Waals surface area contributed by atoms with E-state index in [4.69, 9.17) is 0 Å². The van der Waals surface area contributed by atoms with Crippen molar-refractivity contribution in [3.63, 3.8) is 0 Å². The predicted molar refractivity (Wildman–Crippen MR) is 90.3 cm³/mol. The quantitative estimate of drug-likeness (QED) is 0.383. The van der Waals surface area contributed by atoms with E-state index < -0.39 is 0 Å². The zero-order valence-electron chi connectivity index (χ0n) is 8.37. The van der Waals surface area contributed by atoms with Gasteiger partial charge in [0.05, 0.1) is 0 Å². The first-order valence-electron chi connectivity index (χ1n) is 5.03. The van der Waals surface area contributed by atoms with Gasteiger partial charge in [0.2, 0.25) is 0 Å². The standard InChI is InChI=1S/C14H8Br2.2CH4/c15-13-9-5-1-2-6-10(9)14(16)12-8-4-3-7-11(12)13;;/h1-8H;2*1H4. The number of hydrogen-bond acceptors (Lipinski definition) is 0. The van der Waals surface area contributed by atoms with E-state index in [9.17, 15) is 0 Å². The van der Waals surface area contributed by atoms with Gasteiger partial charge in [0, 0.05) is 8.95 Å². The lowest BCUT2D eigenvalue weighted by molar-refractivity contribution is 1.72. The molecule has 0 aliphatic heterocycles. The van der Waals surface area contributed by atoms with Crippen LogP contribution in [0.15, 0.2) is 57.5 Å². The zero-order valence-corrected chi connectivity index (χ0v) is 11.5. The van der Waals surface area contributed by atoms with E-state index in [0.29, 0.717) is 0 Å². The first-order valence-corrected chi connectivity index (χ1v) is 6.62. The van der Waals surface area contributed by atoms with Gasteiger partial charge in [-0.25, -0.2) is 0 Å². The summed E-state index contributed by atoms with van der Waals surface area (Å²) in [6, 6.07) is 16.8. The second-order valence-corrected chi connectivity index (χ2v) is 5.31. The largest absolute Gasteiger partial charge is 0.0776 e. The number of rotatable bonds is 0. The third-order valence-corrected chi connectivity index (χ3v) is 4.51. The normalized spacial score (nSPS) is 9.89. The Morgan fingerprint density at radius 3 is 0.944 bits per heavy atom. The van der Waals surface area contributed by atoms with Crippen molar-refractivity contribution in [1.82, 2.24) is 0 Å². The fourth-order valence-electron chi connectivity index (χ4n) is 2.02. The van der Waals surface area contributed by atoms with Gasteiger partial charge in [-0.05, 0) is 53.4 Å². The molecule has 0 fully saturated rings. The lowest BCUT2D eigenvalue weighted by Gasteiger charge is -2.09. The molecule has 3 aromatic carbocycles. The fourth-order valence-corrected chi connectivity index (χ4v) is 3.41. The monoisotopic (exact) mass is 366 g/mol. The molecule has 0 heterocycles. The second kappa shape index (κ2) is 5.85. The van der Waals surface area contributed by atoms with Crippen LogP contribution in [0.5, 0.6) is 0 Å². The van der Waals surface area contributed by atoms with Crippen molar-refractivity contribution in [3.05, 3.63) is 57.5 Å². The molecule has 0 saturated carbocycles. The summed E-state index contributed by atoms with van der Waals surface area (Å²) in [6.07, 6.45) is 0. The van der Waals surface area contributed by atoms with Crippen LogP contribution in [0.2, 0.25) is 0 Å². The van der Waals surface area contributed by atoms with Gasteiger partial charge in [-0.15, -0.1) is 0 Å². The molecule has 0 radical (unpaired) electrons. The number of fused-ring (bicyclic) bond motifs is 2. The van der Waals surface area contributed by atoms with Gasteiger partial charge < -0.3 is 0 Å². The number of halogens is 2. The maximum Gasteiger partial charge on any atom is 0.0332 e. The van der Waals surface area contributed by atoms with Gasteiger partial charge in [0.25, 0.3) is 0 Å². The SMILES string of the molecule is Brc1c2ccccc2c(Br)c2ccccc12.C.C. The van der Waals surface area contributed by atoms with Crippen LogP contribution in [0, 0.1) is 0 Å². The van der Waals surface area contributed by atoms with Gasteiger partial charge in [-0.3, -0.25) is 0 Å². The molecule has 0 aliphatic rings. The summed E-state index contributed by atoms with van der Waals surface area (Å²) >= 11 is 7.39. The molecule has 0 amide bonds. The molecule has 0 atom stereocenters. The third-order valence-electron chi connectivity index (χ3n) is 2.80. The average molecular weight is 368 g/mol. The summed E-state index contributed by atoms with van der Waals surface area (Å²) in [7, 11) is 0. The van der Waals surface area contributed by atoms with Crippen molar-refractivity contribution in [1.29, 1.82) is 0 Å². The van der Waals surface area contributed by atoms with E-state index in [2.05, 4.69) is 80.4 Å². The lowest BCUT2D eigenvalue weighted by atomic mass is 10.0. The highest BCUT2D eigenvalue weighted by Gasteiger charge is 2.08. The van der Waals surface area contributed by atoms with Crippen LogP contribution in [0.4, 0.5) is 0 Å². The van der Waals surface area contributed by atoms with Gasteiger partial charge >= 0.3 is 0 Å². The van der Waals surface area contributed by atoms with Crippen LogP contribution >= 0.6 is 31.9 Å². The molecule has 0 unspecified atom stereocenters. The molecule has 0 aromatic heterocycles. The third kappa shape index (κ3) is 2.19. The molecule has 18 heavy (non-hydrogen) atoms. The van der Waals surface area contributed by atoms with Crippen LogP contribution in [0.25, 0.3) is 21.5 Å². The highest BCUT2D eigenvalue weighted by molar-refractivity contribution is 9.11. The van der Waals surface area contributed by atoms with E-state index in [0.717, 1.165) is 0 Å². The Morgan fingerprint density at radius 2 is 0.722 bits per heavy atom. The van der Waals surface area contributed by atoms with Gasteiger partial charge in [-0.1, -0.05) is 63.4 Å². The Labute approximate surface area is 125 Å². The molecule has 0 saturated heterocycles. The minimum atomic E-state index is 0. The first kappa shape index (κ1) is 15.2. The van der Waals surface area contributed by atoms with Crippen molar-refractivity contribution in [3.8, 4) is 0 Å². The Balaban J connectivity index is 0.000000810. The summed E-state index contributed by atoms with van der Waals surface area (Å²) < 4.78 is 2.34. The van der Waals surface area contributed by atoms with E-state index in [-0.39, 0.29) is 14.9 Å². The number of benzene rings is 3. The highest BCUT2D eigenvalue weighted by Crippen LogP contribution is 2.38. The van der Waals surface area contributed by atoms with Crippen LogP contribution in [-0.2, 0) is 0 Å². The molecule has 94 valence electrons. The summed E-state index contributed by atoms with van der Waals surface area (Å²) in [5.74, 6) is 0. The van der Waals surface area contributed by atoms with Crippen LogP contribution in [0.1, 0.15) is 14.9 Å². The topological polar surface area (TPSA) is 0 Å². The Kier molecular flexibility index (Phi) is 4.94. The summed E-state index contributed by atoms with van der Waals surface area (Å²) in [4.78, 5) is 0. The Bertz CT molecular complexity index is 570. The maximum atomic E-state index is 3.70. The lowest BCUT2D eigenvalue weighted by Crippen LogP contribution is -1.81. The molecular weight excluding hydrogens is 352 g/mol. The molecule has 0 nitrogen and oxygen atoms in total. The van der Waals surface area contributed by atoms with Crippen molar-refractivity contribution < 1.29 is 0 Å². The molecule has 3 rings (SSSR count). The summed E-state index contributed by atoms with van der Waals surface area (Å²) in [5, 5.41) is 4.97. The van der Waals surface area contributed by atoms with Crippen molar-refractivity contribution in [2.45, 2.75) is 14.9 Å². The molecule has 0 N–H and O–H groups in total. The molecular formula is C16H16Br2. The maximum absolute atomic E-state index is 3.70. The zero-order chi connectivity index (χ0) is 11.1. The van der Waals surface area contributed by atoms with Crippen LogP contribution < -0.4 is 0 Å². The van der Waals surface area contributed by atoms with Crippen molar-refractivity contribution >= 4 is 53.4 Å². The Morgan fingerprint density at radius 1 is 0.500 bits per heavy atom. The molecule has 3 aromatic rings.